The number of carbonyl (C=O) groups is 5. The van der Waals surface area contributed by atoms with Crippen LogP contribution in [0.15, 0.2) is 60.7 Å². The molecule has 2 aromatic carbocycles. The molecule has 0 spiro atoms. The Morgan fingerprint density at radius 2 is 1.35 bits per heavy atom. The van der Waals surface area contributed by atoms with Crippen molar-refractivity contribution in [3.63, 3.8) is 0 Å². The van der Waals surface area contributed by atoms with E-state index < -0.39 is 53.4 Å². The maximum atomic E-state index is 13.8. The van der Waals surface area contributed by atoms with E-state index in [1.165, 1.54) is 4.90 Å². The van der Waals surface area contributed by atoms with E-state index in [2.05, 4.69) is 27.8 Å². The third-order valence-electron chi connectivity index (χ3n) is 8.62. The Bertz CT molecular complexity index is 1470. The maximum Gasteiger partial charge on any atom is 0.323 e. The first kappa shape index (κ1) is 38.7. The summed E-state index contributed by atoms with van der Waals surface area (Å²) in [7, 11) is 0. The fourth-order valence-corrected chi connectivity index (χ4v) is 5.57. The molecular weight excluding hydrogens is 626 g/mol. The van der Waals surface area contributed by atoms with E-state index in [4.69, 9.17) is 17.2 Å². The standard InChI is InChI=1S/C36H49N7O6/c1-2-3-16-28(32(45)41-29(17-10-11-20-37)34(47)43-21-18-36(39,19-22-43)35(48)49)40-33(46)30(24-26-14-8-5-9-15-26)42-31(44)27(38)23-25-12-6-4-7-13-25/h4-9,12-15,27-30H,10-11,16-24,37-39H2,1H3,(H,40,46)(H,41,45)(H,42,44)(H,48,49). The summed E-state index contributed by atoms with van der Waals surface area (Å²) in [5.74, 6) is 2.32. The average Bonchev–Trinajstić information content (AvgIpc) is 3.10. The third kappa shape index (κ3) is 12.0. The molecule has 13 nitrogen and oxygen atoms in total. The molecule has 0 aliphatic carbocycles. The van der Waals surface area contributed by atoms with Crippen molar-refractivity contribution in [3.05, 3.63) is 71.8 Å². The number of benzene rings is 2. The highest BCUT2D eigenvalue weighted by atomic mass is 16.4. The molecule has 1 saturated heterocycles. The SMILES string of the molecule is CC#CCC(NC(=O)C(Cc1ccccc1)NC(=O)C(N)Cc1ccccc1)C(=O)NC(CCCCN)C(=O)N1CCC(N)(C(=O)O)CC1. The third-order valence-corrected chi connectivity index (χ3v) is 8.62. The molecular formula is C36H49N7O6. The predicted molar refractivity (Wildman–Crippen MR) is 185 cm³/mol. The zero-order valence-electron chi connectivity index (χ0n) is 28.0. The van der Waals surface area contributed by atoms with Gasteiger partial charge in [0.1, 0.15) is 23.7 Å². The Kier molecular flexibility index (Phi) is 15.2. The maximum absolute atomic E-state index is 13.8. The van der Waals surface area contributed by atoms with Gasteiger partial charge in [-0.1, -0.05) is 60.7 Å². The summed E-state index contributed by atoms with van der Waals surface area (Å²) in [6, 6.07) is 14.3. The molecule has 4 unspecified atom stereocenters. The van der Waals surface area contributed by atoms with Crippen LogP contribution >= 0.6 is 0 Å². The van der Waals surface area contributed by atoms with Crippen molar-refractivity contribution in [3.8, 4) is 11.8 Å². The molecule has 1 heterocycles. The van der Waals surface area contributed by atoms with Crippen LogP contribution in [-0.4, -0.2) is 88.9 Å². The number of carboxylic acids is 1. The van der Waals surface area contributed by atoms with E-state index in [1.807, 2.05) is 60.7 Å². The van der Waals surface area contributed by atoms with Crippen LogP contribution in [0.5, 0.6) is 0 Å². The molecule has 4 atom stereocenters. The Morgan fingerprint density at radius 3 is 1.90 bits per heavy atom. The second-order valence-corrected chi connectivity index (χ2v) is 12.4. The number of rotatable bonds is 17. The van der Waals surface area contributed by atoms with E-state index in [-0.39, 0.29) is 57.5 Å². The number of hydrogen-bond acceptors (Lipinski definition) is 8. The van der Waals surface area contributed by atoms with Gasteiger partial charge in [0.05, 0.1) is 6.04 Å². The summed E-state index contributed by atoms with van der Waals surface area (Å²) in [5, 5.41) is 17.8. The quantitative estimate of drug-likeness (QED) is 0.0897. The van der Waals surface area contributed by atoms with Crippen molar-refractivity contribution in [2.45, 2.75) is 88.0 Å². The van der Waals surface area contributed by atoms with Gasteiger partial charge in [0, 0.05) is 25.9 Å². The molecule has 2 aromatic rings. The normalized spacial score (nSPS) is 16.1. The van der Waals surface area contributed by atoms with Crippen molar-refractivity contribution >= 4 is 29.6 Å². The number of nitrogens with one attached hydrogen (secondary N) is 3. The highest BCUT2D eigenvalue weighted by Crippen LogP contribution is 2.21. The smallest absolute Gasteiger partial charge is 0.323 e. The lowest BCUT2D eigenvalue weighted by molar-refractivity contribution is -0.148. The molecule has 0 aromatic heterocycles. The van der Waals surface area contributed by atoms with Crippen molar-refractivity contribution in [2.24, 2.45) is 17.2 Å². The molecule has 1 aliphatic rings. The molecule has 4 amide bonds. The highest BCUT2D eigenvalue weighted by Gasteiger charge is 2.40. The van der Waals surface area contributed by atoms with Gasteiger partial charge in [0.25, 0.3) is 0 Å². The number of nitrogens with two attached hydrogens (primary N) is 3. The molecule has 1 aliphatic heterocycles. The molecule has 0 radical (unpaired) electrons. The zero-order chi connectivity index (χ0) is 35.8. The first-order chi connectivity index (χ1) is 23.5. The molecule has 264 valence electrons. The summed E-state index contributed by atoms with van der Waals surface area (Å²) < 4.78 is 0. The lowest BCUT2D eigenvalue weighted by Gasteiger charge is -2.38. The van der Waals surface area contributed by atoms with Crippen molar-refractivity contribution in [1.29, 1.82) is 0 Å². The first-order valence-corrected chi connectivity index (χ1v) is 16.6. The van der Waals surface area contributed by atoms with Gasteiger partial charge in [-0.2, -0.15) is 0 Å². The van der Waals surface area contributed by atoms with Crippen LogP contribution in [0.2, 0.25) is 0 Å². The first-order valence-electron chi connectivity index (χ1n) is 16.6. The van der Waals surface area contributed by atoms with Gasteiger partial charge in [-0.15, -0.1) is 11.8 Å². The van der Waals surface area contributed by atoms with Crippen LogP contribution in [-0.2, 0) is 36.8 Å². The molecule has 1 fully saturated rings. The molecule has 0 saturated carbocycles. The largest absolute Gasteiger partial charge is 0.480 e. The van der Waals surface area contributed by atoms with Crippen LogP contribution in [0.25, 0.3) is 0 Å². The van der Waals surface area contributed by atoms with E-state index in [0.717, 1.165) is 11.1 Å². The summed E-state index contributed by atoms with van der Waals surface area (Å²) >= 11 is 0. The van der Waals surface area contributed by atoms with Gasteiger partial charge >= 0.3 is 5.97 Å². The molecule has 3 rings (SSSR count). The van der Waals surface area contributed by atoms with Gasteiger partial charge in [-0.05, 0) is 63.1 Å². The van der Waals surface area contributed by atoms with Gasteiger partial charge in [-0.3, -0.25) is 24.0 Å². The average molecular weight is 676 g/mol. The van der Waals surface area contributed by atoms with E-state index in [9.17, 15) is 29.1 Å². The van der Waals surface area contributed by atoms with Gasteiger partial charge in [0.2, 0.25) is 23.6 Å². The summed E-state index contributed by atoms with van der Waals surface area (Å²) in [6.45, 7) is 2.26. The minimum atomic E-state index is -1.42. The Hall–Kier alpha value is -4.77. The number of amides is 4. The van der Waals surface area contributed by atoms with E-state index >= 15 is 0 Å². The summed E-state index contributed by atoms with van der Waals surface area (Å²) in [6.07, 6.45) is 1.97. The van der Waals surface area contributed by atoms with Gasteiger partial charge in [-0.25, -0.2) is 0 Å². The Morgan fingerprint density at radius 1 is 0.816 bits per heavy atom. The molecule has 10 N–H and O–H groups in total. The number of hydrogen-bond donors (Lipinski definition) is 7. The predicted octanol–water partition coefficient (Wildman–Crippen LogP) is 0.200. The monoisotopic (exact) mass is 675 g/mol. The van der Waals surface area contributed by atoms with Crippen molar-refractivity contribution in [2.75, 3.05) is 19.6 Å². The lowest BCUT2D eigenvalue weighted by atomic mass is 9.88. The number of aliphatic carboxylic acids is 1. The molecule has 49 heavy (non-hydrogen) atoms. The van der Waals surface area contributed by atoms with Crippen molar-refractivity contribution < 1.29 is 29.1 Å². The van der Waals surface area contributed by atoms with Crippen LogP contribution < -0.4 is 33.2 Å². The molecule has 13 heteroatoms. The Balaban J connectivity index is 1.77. The minimum Gasteiger partial charge on any atom is -0.480 e. The summed E-state index contributed by atoms with van der Waals surface area (Å²) in [5.41, 5.74) is 18.1. The van der Waals surface area contributed by atoms with E-state index in [0.29, 0.717) is 19.4 Å². The fourth-order valence-electron chi connectivity index (χ4n) is 5.57. The number of carbonyl (C=O) groups excluding carboxylic acids is 4. The van der Waals surface area contributed by atoms with Crippen LogP contribution in [0.1, 0.15) is 56.6 Å². The van der Waals surface area contributed by atoms with Crippen LogP contribution in [0.4, 0.5) is 0 Å². The zero-order valence-corrected chi connectivity index (χ0v) is 28.0. The number of likely N-dealkylation sites (tertiary alicyclic amines) is 1. The van der Waals surface area contributed by atoms with E-state index in [1.54, 1.807) is 6.92 Å². The molecule has 0 bridgehead atoms. The highest BCUT2D eigenvalue weighted by molar-refractivity contribution is 5.95. The van der Waals surface area contributed by atoms with Crippen LogP contribution in [0.3, 0.4) is 0 Å². The van der Waals surface area contributed by atoms with Gasteiger partial charge in [0.15, 0.2) is 0 Å². The summed E-state index contributed by atoms with van der Waals surface area (Å²) in [4.78, 5) is 67.4. The minimum absolute atomic E-state index is 0.0463. The number of carboxylic acid groups (broad SMARTS) is 1. The fraction of sp³-hybridized carbons (Fsp3) is 0.472. The van der Waals surface area contributed by atoms with Crippen LogP contribution in [0, 0.1) is 11.8 Å². The topological polar surface area (TPSA) is 223 Å². The lowest BCUT2D eigenvalue weighted by Crippen LogP contribution is -2.60. The van der Waals surface area contributed by atoms with Crippen molar-refractivity contribution in [1.82, 2.24) is 20.9 Å². The number of unbranched alkanes of at least 4 members (excludes halogenated alkanes) is 1. The number of piperidine rings is 1. The second kappa shape index (κ2) is 19.3. The number of nitrogens with zero attached hydrogens (tertiary/aromatic N) is 1. The second-order valence-electron chi connectivity index (χ2n) is 12.4. The Labute approximate surface area is 287 Å². The van der Waals surface area contributed by atoms with Gasteiger partial charge < -0.3 is 43.2 Å².